The molecule has 1 aromatic carbocycles. The fourth-order valence-corrected chi connectivity index (χ4v) is 4.99. The van der Waals surface area contributed by atoms with E-state index in [0.717, 1.165) is 60.9 Å². The molecular formula is C23H27ClN2O2. The Balaban J connectivity index is 1.62. The van der Waals surface area contributed by atoms with Gasteiger partial charge in [-0.3, -0.25) is 9.59 Å². The number of carbonyl (C=O) groups excluding carboxylic acids is 1. The van der Waals surface area contributed by atoms with Crippen LogP contribution in [0.1, 0.15) is 50.3 Å². The molecule has 1 N–H and O–H groups in total. The highest BCUT2D eigenvalue weighted by atomic mass is 35.5. The molecule has 2 aliphatic carbocycles. The minimum atomic E-state index is -0.123. The van der Waals surface area contributed by atoms with E-state index in [2.05, 4.69) is 12.2 Å². The Hall–Kier alpha value is -2.07. The second-order valence-electron chi connectivity index (χ2n) is 8.18. The zero-order valence-electron chi connectivity index (χ0n) is 16.3. The van der Waals surface area contributed by atoms with Gasteiger partial charge in [0.15, 0.2) is 0 Å². The van der Waals surface area contributed by atoms with Gasteiger partial charge in [-0.05, 0) is 55.2 Å². The van der Waals surface area contributed by atoms with Gasteiger partial charge < -0.3 is 9.88 Å². The maximum atomic E-state index is 12.9. The van der Waals surface area contributed by atoms with Crippen LogP contribution in [-0.4, -0.2) is 16.5 Å². The summed E-state index contributed by atoms with van der Waals surface area (Å²) in [5.41, 5.74) is 3.84. The van der Waals surface area contributed by atoms with Crippen LogP contribution in [0.15, 0.2) is 35.1 Å². The molecule has 1 fully saturated rings. The van der Waals surface area contributed by atoms with Gasteiger partial charge in [0, 0.05) is 28.4 Å². The molecule has 148 valence electrons. The summed E-state index contributed by atoms with van der Waals surface area (Å²) in [4.78, 5) is 25.6. The summed E-state index contributed by atoms with van der Waals surface area (Å²) >= 11 is 6.39. The van der Waals surface area contributed by atoms with Gasteiger partial charge in [0.1, 0.15) is 6.54 Å². The number of halogens is 1. The normalized spacial score (nSPS) is 21.4. The third-order valence-electron chi connectivity index (χ3n) is 6.30. The number of amides is 1. The lowest BCUT2D eigenvalue weighted by atomic mass is 9.86. The molecule has 1 saturated carbocycles. The van der Waals surface area contributed by atoms with E-state index in [0.29, 0.717) is 10.9 Å². The molecule has 5 heteroatoms. The minimum Gasteiger partial charge on any atom is -0.352 e. The average Bonchev–Trinajstić information content (AvgIpc) is 3.16. The van der Waals surface area contributed by atoms with Crippen molar-refractivity contribution in [3.05, 3.63) is 57.0 Å². The first-order valence-electron chi connectivity index (χ1n) is 10.3. The molecule has 2 aromatic rings. The van der Waals surface area contributed by atoms with Gasteiger partial charge in [-0.1, -0.05) is 49.6 Å². The van der Waals surface area contributed by atoms with Crippen molar-refractivity contribution in [2.45, 2.75) is 64.5 Å². The molecule has 0 saturated heterocycles. The second kappa shape index (κ2) is 8.12. The molecule has 2 atom stereocenters. The number of nitrogens with zero attached hydrogens (tertiary/aromatic N) is 1. The number of hydrogen-bond acceptors (Lipinski definition) is 2. The summed E-state index contributed by atoms with van der Waals surface area (Å²) in [7, 11) is 0. The molecule has 4 nitrogen and oxygen atoms in total. The lowest BCUT2D eigenvalue weighted by Gasteiger charge is -2.29. The van der Waals surface area contributed by atoms with Crippen molar-refractivity contribution >= 4 is 17.5 Å². The third-order valence-corrected chi connectivity index (χ3v) is 6.63. The number of hydrogen-bond donors (Lipinski definition) is 1. The monoisotopic (exact) mass is 398 g/mol. The summed E-state index contributed by atoms with van der Waals surface area (Å²) in [6, 6.07) is 9.52. The van der Waals surface area contributed by atoms with E-state index in [9.17, 15) is 9.59 Å². The van der Waals surface area contributed by atoms with E-state index in [1.165, 1.54) is 6.42 Å². The molecule has 0 radical (unpaired) electrons. The molecule has 0 aliphatic heterocycles. The molecule has 0 spiro atoms. The first-order valence-corrected chi connectivity index (χ1v) is 10.7. The number of carbonyl (C=O) groups is 1. The number of nitrogens with one attached hydrogen (secondary N) is 1. The van der Waals surface area contributed by atoms with Gasteiger partial charge in [-0.25, -0.2) is 0 Å². The van der Waals surface area contributed by atoms with E-state index in [4.69, 9.17) is 11.6 Å². The van der Waals surface area contributed by atoms with Crippen LogP contribution < -0.4 is 10.9 Å². The lowest BCUT2D eigenvalue weighted by molar-refractivity contribution is -0.123. The first-order chi connectivity index (χ1) is 13.5. The Kier molecular flexibility index (Phi) is 5.58. The zero-order valence-corrected chi connectivity index (χ0v) is 17.1. The van der Waals surface area contributed by atoms with Crippen LogP contribution >= 0.6 is 11.6 Å². The van der Waals surface area contributed by atoms with E-state index in [1.807, 2.05) is 24.3 Å². The van der Waals surface area contributed by atoms with Crippen LogP contribution in [0.4, 0.5) is 0 Å². The van der Waals surface area contributed by atoms with Gasteiger partial charge in [0.2, 0.25) is 5.91 Å². The van der Waals surface area contributed by atoms with Crippen molar-refractivity contribution in [1.82, 2.24) is 9.88 Å². The van der Waals surface area contributed by atoms with Crippen molar-refractivity contribution in [3.63, 3.8) is 0 Å². The fourth-order valence-electron chi connectivity index (χ4n) is 4.76. The van der Waals surface area contributed by atoms with Crippen LogP contribution in [0, 0.1) is 5.92 Å². The molecule has 28 heavy (non-hydrogen) atoms. The largest absolute Gasteiger partial charge is 0.352 e. The van der Waals surface area contributed by atoms with Crippen LogP contribution in [0.3, 0.4) is 0 Å². The van der Waals surface area contributed by atoms with E-state index < -0.39 is 0 Å². The van der Waals surface area contributed by atoms with Crippen molar-refractivity contribution in [2.75, 3.05) is 0 Å². The lowest BCUT2D eigenvalue weighted by Crippen LogP contribution is -2.43. The van der Waals surface area contributed by atoms with Crippen molar-refractivity contribution in [3.8, 4) is 11.1 Å². The third kappa shape index (κ3) is 3.75. The van der Waals surface area contributed by atoms with Crippen molar-refractivity contribution in [1.29, 1.82) is 0 Å². The highest BCUT2D eigenvalue weighted by Crippen LogP contribution is 2.34. The number of rotatable bonds is 4. The molecule has 1 aromatic heterocycles. The first kappa shape index (κ1) is 19.3. The topological polar surface area (TPSA) is 51.1 Å². The van der Waals surface area contributed by atoms with Gasteiger partial charge in [-0.2, -0.15) is 0 Å². The highest BCUT2D eigenvalue weighted by molar-refractivity contribution is 6.33. The Bertz CT molecular complexity index is 950. The summed E-state index contributed by atoms with van der Waals surface area (Å²) in [6.45, 7) is 2.31. The molecule has 1 amide bonds. The summed E-state index contributed by atoms with van der Waals surface area (Å²) in [5, 5.41) is 3.82. The zero-order chi connectivity index (χ0) is 19.7. The number of fused-ring (bicyclic) bond motifs is 1. The SMILES string of the molecule is CC1CCCCC1NC(=O)Cn1c2c(c(-c3ccccc3Cl)cc1=O)CCC2. The Labute approximate surface area is 170 Å². The van der Waals surface area contributed by atoms with Gasteiger partial charge >= 0.3 is 0 Å². The maximum Gasteiger partial charge on any atom is 0.251 e. The van der Waals surface area contributed by atoms with Gasteiger partial charge in [0.05, 0.1) is 0 Å². The van der Waals surface area contributed by atoms with Gasteiger partial charge in [0.25, 0.3) is 5.56 Å². The van der Waals surface area contributed by atoms with Crippen LogP contribution in [0.2, 0.25) is 5.02 Å². The second-order valence-corrected chi connectivity index (χ2v) is 8.58. The summed E-state index contributed by atoms with van der Waals surface area (Å²) < 4.78 is 1.67. The van der Waals surface area contributed by atoms with E-state index >= 15 is 0 Å². The summed E-state index contributed by atoms with van der Waals surface area (Å²) in [6.07, 6.45) is 7.34. The summed E-state index contributed by atoms with van der Waals surface area (Å²) in [5.74, 6) is 0.447. The molecule has 1 heterocycles. The highest BCUT2D eigenvalue weighted by Gasteiger charge is 2.25. The quantitative estimate of drug-likeness (QED) is 0.832. The van der Waals surface area contributed by atoms with E-state index in [1.54, 1.807) is 10.6 Å². The van der Waals surface area contributed by atoms with Crippen LogP contribution in [0.5, 0.6) is 0 Å². The minimum absolute atomic E-state index is 0.0551. The van der Waals surface area contributed by atoms with Crippen molar-refractivity contribution < 1.29 is 4.79 Å². The Morgan fingerprint density at radius 1 is 1.14 bits per heavy atom. The molecular weight excluding hydrogens is 372 g/mol. The average molecular weight is 399 g/mol. The predicted molar refractivity (Wildman–Crippen MR) is 113 cm³/mol. The number of benzene rings is 1. The standard InChI is InChI=1S/C23H27ClN2O2/c1-15-7-2-5-11-20(15)25-22(27)14-26-21-12-6-9-17(21)18(13-23(26)28)16-8-3-4-10-19(16)24/h3-4,8,10,13,15,20H,2,5-7,9,11-12,14H2,1H3,(H,25,27). The van der Waals surface area contributed by atoms with E-state index in [-0.39, 0.29) is 24.1 Å². The maximum absolute atomic E-state index is 12.9. The van der Waals surface area contributed by atoms with Crippen LogP contribution in [0.25, 0.3) is 11.1 Å². The molecule has 2 aliphatic rings. The fraction of sp³-hybridized carbons (Fsp3) is 0.478. The molecule has 4 rings (SSSR count). The van der Waals surface area contributed by atoms with Crippen LogP contribution in [-0.2, 0) is 24.2 Å². The Morgan fingerprint density at radius 3 is 2.71 bits per heavy atom. The molecule has 2 unspecified atom stereocenters. The predicted octanol–water partition coefficient (Wildman–Crippen LogP) is 4.35. The number of aromatic nitrogens is 1. The number of pyridine rings is 1. The Morgan fingerprint density at radius 2 is 1.93 bits per heavy atom. The van der Waals surface area contributed by atoms with Gasteiger partial charge in [-0.15, -0.1) is 0 Å². The van der Waals surface area contributed by atoms with Crippen molar-refractivity contribution in [2.24, 2.45) is 5.92 Å². The molecule has 0 bridgehead atoms. The smallest absolute Gasteiger partial charge is 0.251 e.